The Hall–Kier alpha value is -1.80. The van der Waals surface area contributed by atoms with E-state index in [-0.39, 0.29) is 16.4 Å². The van der Waals surface area contributed by atoms with Crippen molar-refractivity contribution in [2.45, 2.75) is 32.1 Å². The van der Waals surface area contributed by atoms with Crippen molar-refractivity contribution in [3.63, 3.8) is 0 Å². The highest BCUT2D eigenvalue weighted by atomic mass is 35.5. The Kier molecular flexibility index (Phi) is 5.19. The number of allylic oxidation sites excluding steroid dienone is 1. The van der Waals surface area contributed by atoms with Gasteiger partial charge < -0.3 is 10.1 Å². The Morgan fingerprint density at radius 3 is 2.90 bits per heavy atom. The monoisotopic (exact) mass is 293 g/mol. The van der Waals surface area contributed by atoms with Gasteiger partial charge in [0.15, 0.2) is 10.7 Å². The summed E-state index contributed by atoms with van der Waals surface area (Å²) < 4.78 is 5.24. The average molecular weight is 294 g/mol. The molecule has 0 bridgehead atoms. The van der Waals surface area contributed by atoms with Crippen LogP contribution in [0.15, 0.2) is 28.7 Å². The summed E-state index contributed by atoms with van der Waals surface area (Å²) in [5, 5.41) is 12.0. The van der Waals surface area contributed by atoms with E-state index in [9.17, 15) is 4.79 Å². The number of nitrogens with one attached hydrogen (secondary N) is 1. The fourth-order valence-electron chi connectivity index (χ4n) is 2.35. The second-order valence-electron chi connectivity index (χ2n) is 4.84. The lowest BCUT2D eigenvalue weighted by atomic mass is 9.90. The molecule has 2 rings (SSSR count). The maximum absolute atomic E-state index is 12.0. The number of hydrogen-bond donors (Lipinski definition) is 1. The third-order valence-electron chi connectivity index (χ3n) is 3.44. The van der Waals surface area contributed by atoms with Crippen LogP contribution in [-0.2, 0) is 9.53 Å². The number of carbonyl (C=O) groups is 1. The third kappa shape index (κ3) is 3.61. The molecule has 6 heteroatoms. The van der Waals surface area contributed by atoms with Crippen LogP contribution in [0.3, 0.4) is 0 Å². The summed E-state index contributed by atoms with van der Waals surface area (Å²) in [7, 11) is 0. The smallest absolute Gasteiger partial charge is 0.351 e. The van der Waals surface area contributed by atoms with Crippen molar-refractivity contribution in [3.05, 3.63) is 23.7 Å². The highest BCUT2D eigenvalue weighted by molar-refractivity contribution is 6.70. The van der Waals surface area contributed by atoms with Gasteiger partial charge in [-0.3, -0.25) is 0 Å². The van der Waals surface area contributed by atoms with E-state index in [1.807, 2.05) is 6.07 Å². The van der Waals surface area contributed by atoms with Crippen LogP contribution in [0.2, 0.25) is 0 Å². The molecule has 2 aliphatic rings. The summed E-state index contributed by atoms with van der Waals surface area (Å²) in [5.41, 5.74) is 0.0595. The number of aliphatic imine (C=N–C) groups is 1. The molecule has 1 fully saturated rings. The fourth-order valence-corrected chi connectivity index (χ4v) is 2.55. The molecule has 1 heterocycles. The van der Waals surface area contributed by atoms with E-state index in [1.165, 1.54) is 31.7 Å². The Labute approximate surface area is 123 Å². The minimum Gasteiger partial charge on any atom is -0.461 e. The van der Waals surface area contributed by atoms with Crippen LogP contribution >= 0.6 is 11.6 Å². The lowest BCUT2D eigenvalue weighted by Gasteiger charge is -2.21. The van der Waals surface area contributed by atoms with Gasteiger partial charge in [-0.15, -0.1) is 0 Å². The van der Waals surface area contributed by atoms with Gasteiger partial charge in [-0.25, -0.2) is 9.79 Å². The van der Waals surface area contributed by atoms with Crippen molar-refractivity contribution in [3.8, 4) is 6.07 Å². The molecule has 106 valence electrons. The van der Waals surface area contributed by atoms with Crippen LogP contribution < -0.4 is 5.32 Å². The quantitative estimate of drug-likeness (QED) is 0.493. The van der Waals surface area contributed by atoms with Gasteiger partial charge >= 0.3 is 5.97 Å². The van der Waals surface area contributed by atoms with E-state index in [1.54, 1.807) is 0 Å². The van der Waals surface area contributed by atoms with Crippen LogP contribution in [-0.4, -0.2) is 17.7 Å². The van der Waals surface area contributed by atoms with Crippen LogP contribution in [0.5, 0.6) is 0 Å². The van der Waals surface area contributed by atoms with E-state index in [4.69, 9.17) is 21.6 Å². The van der Waals surface area contributed by atoms with E-state index in [0.29, 0.717) is 12.5 Å². The highest BCUT2D eigenvalue weighted by Gasteiger charge is 2.22. The lowest BCUT2D eigenvalue weighted by molar-refractivity contribution is -0.140. The SMILES string of the molecule is N#C/C(C(=O)OCC1CCCCC1)=C1/NC=CN=C1Cl. The van der Waals surface area contributed by atoms with Gasteiger partial charge in [-0.1, -0.05) is 30.9 Å². The number of hydrogen-bond acceptors (Lipinski definition) is 5. The average Bonchev–Trinajstić information content (AvgIpc) is 2.49. The summed E-state index contributed by atoms with van der Waals surface area (Å²) in [6.45, 7) is 0.363. The number of carbonyl (C=O) groups excluding carboxylic acids is 1. The molecular formula is C14H16ClN3O2. The van der Waals surface area contributed by atoms with Gasteiger partial charge in [0.1, 0.15) is 11.8 Å². The van der Waals surface area contributed by atoms with E-state index >= 15 is 0 Å². The van der Waals surface area contributed by atoms with Crippen molar-refractivity contribution >= 4 is 22.7 Å². The molecule has 1 aliphatic carbocycles. The summed E-state index contributed by atoms with van der Waals surface area (Å²) >= 11 is 5.87. The summed E-state index contributed by atoms with van der Waals surface area (Å²) in [4.78, 5) is 15.8. The number of rotatable bonds is 3. The second-order valence-corrected chi connectivity index (χ2v) is 5.20. The minimum absolute atomic E-state index is 0.0821. The van der Waals surface area contributed by atoms with Crippen molar-refractivity contribution in [1.82, 2.24) is 5.32 Å². The number of nitrogens with zero attached hydrogens (tertiary/aromatic N) is 2. The molecular weight excluding hydrogens is 278 g/mol. The topological polar surface area (TPSA) is 74.5 Å². The second kappa shape index (κ2) is 7.11. The summed E-state index contributed by atoms with van der Waals surface area (Å²) in [6, 6.07) is 1.83. The van der Waals surface area contributed by atoms with Crippen LogP contribution in [0.4, 0.5) is 0 Å². The molecule has 0 aromatic heterocycles. The van der Waals surface area contributed by atoms with Crippen LogP contribution in [0.1, 0.15) is 32.1 Å². The molecule has 1 N–H and O–H groups in total. The minimum atomic E-state index is -0.649. The molecule has 1 saturated carbocycles. The molecule has 0 amide bonds. The Bertz CT molecular complexity index is 511. The first-order valence-electron chi connectivity index (χ1n) is 6.69. The number of ether oxygens (including phenoxy) is 1. The zero-order valence-corrected chi connectivity index (χ0v) is 11.8. The molecule has 0 aromatic rings. The maximum atomic E-state index is 12.0. The van der Waals surface area contributed by atoms with Crippen molar-refractivity contribution in [1.29, 1.82) is 5.26 Å². The van der Waals surface area contributed by atoms with E-state index in [2.05, 4.69) is 10.3 Å². The molecule has 0 unspecified atom stereocenters. The van der Waals surface area contributed by atoms with E-state index in [0.717, 1.165) is 12.8 Å². The van der Waals surface area contributed by atoms with Crippen LogP contribution in [0, 0.1) is 17.2 Å². The van der Waals surface area contributed by atoms with Gasteiger partial charge in [-0.2, -0.15) is 5.26 Å². The largest absolute Gasteiger partial charge is 0.461 e. The van der Waals surface area contributed by atoms with Crippen LogP contribution in [0.25, 0.3) is 0 Å². The molecule has 20 heavy (non-hydrogen) atoms. The molecule has 1 aliphatic heterocycles. The molecule has 0 spiro atoms. The predicted molar refractivity (Wildman–Crippen MR) is 75.7 cm³/mol. The summed E-state index contributed by atoms with van der Waals surface area (Å²) in [6.07, 6.45) is 8.73. The Balaban J connectivity index is 1.99. The Morgan fingerprint density at radius 1 is 1.50 bits per heavy atom. The van der Waals surface area contributed by atoms with Crippen molar-refractivity contribution < 1.29 is 9.53 Å². The zero-order valence-electron chi connectivity index (χ0n) is 11.1. The van der Waals surface area contributed by atoms with Crippen molar-refractivity contribution in [2.75, 3.05) is 6.61 Å². The normalized spacial score (nSPS) is 21.5. The first kappa shape index (κ1) is 14.6. The first-order chi connectivity index (χ1) is 9.72. The first-order valence-corrected chi connectivity index (χ1v) is 7.07. The zero-order chi connectivity index (χ0) is 14.4. The predicted octanol–water partition coefficient (Wildman–Crippen LogP) is 2.60. The van der Waals surface area contributed by atoms with Gasteiger partial charge in [0.25, 0.3) is 0 Å². The Morgan fingerprint density at radius 2 is 2.25 bits per heavy atom. The molecule has 5 nitrogen and oxygen atoms in total. The maximum Gasteiger partial charge on any atom is 0.351 e. The third-order valence-corrected chi connectivity index (χ3v) is 3.72. The molecule has 0 saturated heterocycles. The van der Waals surface area contributed by atoms with Gasteiger partial charge in [0.2, 0.25) is 0 Å². The lowest BCUT2D eigenvalue weighted by Crippen LogP contribution is -2.23. The molecule has 0 atom stereocenters. The van der Waals surface area contributed by atoms with E-state index < -0.39 is 5.97 Å². The summed E-state index contributed by atoms with van der Waals surface area (Å²) in [5.74, 6) is -0.245. The molecule has 0 radical (unpaired) electrons. The van der Waals surface area contributed by atoms with Gasteiger partial charge in [0.05, 0.1) is 6.61 Å². The standard InChI is InChI=1S/C14H16ClN3O2/c15-13-12(17-6-7-18-13)11(8-16)14(19)20-9-10-4-2-1-3-5-10/h6-7,10,17H,1-5,9H2/b12-11-. The van der Waals surface area contributed by atoms with Gasteiger partial charge in [0, 0.05) is 12.4 Å². The number of halogens is 1. The van der Waals surface area contributed by atoms with Gasteiger partial charge in [-0.05, 0) is 18.8 Å². The highest BCUT2D eigenvalue weighted by Crippen LogP contribution is 2.24. The molecule has 0 aromatic carbocycles. The van der Waals surface area contributed by atoms with Crippen molar-refractivity contribution in [2.24, 2.45) is 10.9 Å². The number of nitriles is 1. The fraction of sp³-hybridized carbons (Fsp3) is 0.500. The number of esters is 1.